The molecule has 0 aromatic carbocycles. The molecule has 1 atom stereocenters. The molecular weight excluding hydrogens is 266 g/mol. The smallest absolute Gasteiger partial charge is 0.225 e. The average molecular weight is 295 g/mol. The summed E-state index contributed by atoms with van der Waals surface area (Å²) in [4.78, 5) is 28.3. The highest BCUT2D eigenvalue weighted by molar-refractivity contribution is 5.89. The molecule has 0 radical (unpaired) electrons. The van der Waals surface area contributed by atoms with E-state index in [9.17, 15) is 9.59 Å². The van der Waals surface area contributed by atoms with Gasteiger partial charge < -0.3 is 15.1 Å². The van der Waals surface area contributed by atoms with Crippen molar-refractivity contribution in [1.29, 1.82) is 0 Å². The summed E-state index contributed by atoms with van der Waals surface area (Å²) in [6.07, 6.45) is 2.69. The highest BCUT2D eigenvalue weighted by Crippen LogP contribution is 2.20. The van der Waals surface area contributed by atoms with Gasteiger partial charge in [0.05, 0.1) is 5.92 Å². The number of nitrogens with zero attached hydrogens (tertiary/aromatic N) is 2. The van der Waals surface area contributed by atoms with E-state index in [1.807, 2.05) is 4.90 Å². The molecule has 1 unspecified atom stereocenters. The van der Waals surface area contributed by atoms with Gasteiger partial charge in [0.25, 0.3) is 0 Å². The standard InChI is InChI=1S/C16H29N3O2/c1-12(2)10-19-11-14(8-15(19)20)16(21)17-9-13-4-6-18(3)7-5-13/h12-14H,4-11H2,1-3H3,(H,17,21). The number of rotatable bonds is 5. The lowest BCUT2D eigenvalue weighted by Crippen LogP contribution is -2.39. The van der Waals surface area contributed by atoms with Crippen LogP contribution in [-0.2, 0) is 9.59 Å². The third-order valence-electron chi connectivity index (χ3n) is 4.57. The van der Waals surface area contributed by atoms with Crippen molar-refractivity contribution in [3.8, 4) is 0 Å². The van der Waals surface area contributed by atoms with Gasteiger partial charge in [0, 0.05) is 26.1 Å². The Labute approximate surface area is 128 Å². The quantitative estimate of drug-likeness (QED) is 0.821. The van der Waals surface area contributed by atoms with Crippen LogP contribution >= 0.6 is 0 Å². The van der Waals surface area contributed by atoms with Gasteiger partial charge >= 0.3 is 0 Å². The SMILES string of the molecule is CC(C)CN1CC(C(=O)NCC2CCN(C)CC2)CC1=O. The molecule has 2 fully saturated rings. The normalized spacial score (nSPS) is 24.9. The molecule has 2 aliphatic heterocycles. The number of likely N-dealkylation sites (tertiary alicyclic amines) is 2. The van der Waals surface area contributed by atoms with Crippen LogP contribution in [0.5, 0.6) is 0 Å². The molecule has 120 valence electrons. The molecule has 2 amide bonds. The molecule has 2 heterocycles. The van der Waals surface area contributed by atoms with Crippen LogP contribution in [-0.4, -0.2) is 61.4 Å². The molecule has 2 rings (SSSR count). The van der Waals surface area contributed by atoms with Crippen LogP contribution < -0.4 is 5.32 Å². The minimum absolute atomic E-state index is 0.0635. The topological polar surface area (TPSA) is 52.7 Å². The summed E-state index contributed by atoms with van der Waals surface area (Å²) < 4.78 is 0. The number of carbonyl (C=O) groups is 2. The second-order valence-corrected chi connectivity index (χ2v) is 7.09. The Hall–Kier alpha value is -1.10. The van der Waals surface area contributed by atoms with E-state index in [1.165, 1.54) is 0 Å². The maximum atomic E-state index is 12.2. The summed E-state index contributed by atoms with van der Waals surface area (Å²) in [7, 11) is 2.14. The van der Waals surface area contributed by atoms with Crippen LogP contribution in [0.4, 0.5) is 0 Å². The molecule has 21 heavy (non-hydrogen) atoms. The van der Waals surface area contributed by atoms with Crippen molar-refractivity contribution in [3.05, 3.63) is 0 Å². The van der Waals surface area contributed by atoms with Gasteiger partial charge in [0.1, 0.15) is 0 Å². The number of hydrogen-bond acceptors (Lipinski definition) is 3. The Balaban J connectivity index is 1.73. The highest BCUT2D eigenvalue weighted by atomic mass is 16.2. The van der Waals surface area contributed by atoms with Crippen LogP contribution in [0.3, 0.4) is 0 Å². The van der Waals surface area contributed by atoms with E-state index in [1.54, 1.807) is 0 Å². The predicted molar refractivity (Wildman–Crippen MR) is 82.8 cm³/mol. The van der Waals surface area contributed by atoms with Crippen molar-refractivity contribution in [2.24, 2.45) is 17.8 Å². The van der Waals surface area contributed by atoms with Crippen molar-refractivity contribution >= 4 is 11.8 Å². The number of amides is 2. The summed E-state index contributed by atoms with van der Waals surface area (Å²) in [5.74, 6) is 1.09. The van der Waals surface area contributed by atoms with Gasteiger partial charge in [0.2, 0.25) is 11.8 Å². The fourth-order valence-corrected chi connectivity index (χ4v) is 3.22. The Morgan fingerprint density at radius 1 is 1.33 bits per heavy atom. The minimum atomic E-state index is -0.150. The van der Waals surface area contributed by atoms with Gasteiger partial charge in [-0.3, -0.25) is 9.59 Å². The van der Waals surface area contributed by atoms with E-state index in [0.717, 1.165) is 39.0 Å². The van der Waals surface area contributed by atoms with Crippen LogP contribution in [0.15, 0.2) is 0 Å². The fraction of sp³-hybridized carbons (Fsp3) is 0.875. The van der Waals surface area contributed by atoms with Crippen molar-refractivity contribution in [3.63, 3.8) is 0 Å². The zero-order valence-electron chi connectivity index (χ0n) is 13.6. The zero-order valence-corrected chi connectivity index (χ0v) is 13.6. The molecule has 5 heteroatoms. The lowest BCUT2D eigenvalue weighted by atomic mass is 9.97. The number of hydrogen-bond donors (Lipinski definition) is 1. The average Bonchev–Trinajstić information content (AvgIpc) is 2.78. The first-order chi connectivity index (χ1) is 9.95. The third-order valence-corrected chi connectivity index (χ3v) is 4.57. The molecule has 1 N–H and O–H groups in total. The summed E-state index contributed by atoms with van der Waals surface area (Å²) in [5, 5.41) is 3.07. The van der Waals surface area contributed by atoms with Gasteiger partial charge in [0.15, 0.2) is 0 Å². The Morgan fingerprint density at radius 3 is 2.62 bits per heavy atom. The summed E-state index contributed by atoms with van der Waals surface area (Å²) in [6, 6.07) is 0. The number of nitrogens with one attached hydrogen (secondary N) is 1. The summed E-state index contributed by atoms with van der Waals surface area (Å²) in [6.45, 7) is 8.55. The third kappa shape index (κ3) is 4.70. The van der Waals surface area contributed by atoms with Gasteiger partial charge in [-0.15, -0.1) is 0 Å². The van der Waals surface area contributed by atoms with Crippen LogP contribution in [0.2, 0.25) is 0 Å². The van der Waals surface area contributed by atoms with E-state index >= 15 is 0 Å². The Kier molecular flexibility index (Phi) is 5.62. The van der Waals surface area contributed by atoms with Crippen LogP contribution in [0, 0.1) is 17.8 Å². The van der Waals surface area contributed by atoms with Crippen molar-refractivity contribution < 1.29 is 9.59 Å². The largest absolute Gasteiger partial charge is 0.356 e. The summed E-state index contributed by atoms with van der Waals surface area (Å²) in [5.41, 5.74) is 0. The van der Waals surface area contributed by atoms with E-state index in [-0.39, 0.29) is 17.7 Å². The Bertz CT molecular complexity index is 376. The number of piperidine rings is 1. The highest BCUT2D eigenvalue weighted by Gasteiger charge is 2.34. The summed E-state index contributed by atoms with van der Waals surface area (Å²) >= 11 is 0. The molecule has 0 spiro atoms. The van der Waals surface area contributed by atoms with Gasteiger partial charge in [-0.1, -0.05) is 13.8 Å². The zero-order chi connectivity index (χ0) is 15.4. The lowest BCUT2D eigenvalue weighted by molar-refractivity contribution is -0.129. The van der Waals surface area contributed by atoms with Gasteiger partial charge in [-0.05, 0) is 44.8 Å². The van der Waals surface area contributed by atoms with E-state index in [2.05, 4.69) is 31.1 Å². The molecule has 0 aliphatic carbocycles. The molecule has 2 aliphatic rings. The maximum Gasteiger partial charge on any atom is 0.225 e. The number of carbonyl (C=O) groups excluding carboxylic acids is 2. The second kappa shape index (κ2) is 7.25. The monoisotopic (exact) mass is 295 g/mol. The maximum absolute atomic E-state index is 12.2. The van der Waals surface area contributed by atoms with E-state index in [4.69, 9.17) is 0 Å². The van der Waals surface area contributed by atoms with Crippen molar-refractivity contribution in [1.82, 2.24) is 15.1 Å². The van der Waals surface area contributed by atoms with Crippen LogP contribution in [0.1, 0.15) is 33.1 Å². The molecule has 0 saturated carbocycles. The second-order valence-electron chi connectivity index (χ2n) is 7.09. The lowest BCUT2D eigenvalue weighted by Gasteiger charge is -2.29. The van der Waals surface area contributed by atoms with Crippen LogP contribution in [0.25, 0.3) is 0 Å². The molecular formula is C16H29N3O2. The minimum Gasteiger partial charge on any atom is -0.356 e. The Morgan fingerprint density at radius 2 is 2.00 bits per heavy atom. The fourth-order valence-electron chi connectivity index (χ4n) is 3.22. The molecule has 5 nitrogen and oxygen atoms in total. The first-order valence-corrected chi connectivity index (χ1v) is 8.19. The van der Waals surface area contributed by atoms with Gasteiger partial charge in [-0.2, -0.15) is 0 Å². The molecule has 0 bridgehead atoms. The first-order valence-electron chi connectivity index (χ1n) is 8.19. The van der Waals surface area contributed by atoms with Crippen molar-refractivity contribution in [2.75, 3.05) is 39.8 Å². The van der Waals surface area contributed by atoms with E-state index < -0.39 is 0 Å². The van der Waals surface area contributed by atoms with Gasteiger partial charge in [-0.25, -0.2) is 0 Å². The first kappa shape index (κ1) is 16.3. The van der Waals surface area contributed by atoms with Crippen molar-refractivity contribution in [2.45, 2.75) is 33.1 Å². The molecule has 2 saturated heterocycles. The molecule has 0 aromatic heterocycles. The molecule has 0 aromatic rings. The van der Waals surface area contributed by atoms with E-state index in [0.29, 0.717) is 24.8 Å². The predicted octanol–water partition coefficient (Wildman–Crippen LogP) is 0.949.